The van der Waals surface area contributed by atoms with Crippen molar-refractivity contribution in [2.24, 2.45) is 0 Å². The van der Waals surface area contributed by atoms with Crippen molar-refractivity contribution in [2.75, 3.05) is 18.8 Å². The molecule has 0 aliphatic carbocycles. The molecule has 0 atom stereocenters. The lowest BCUT2D eigenvalue weighted by Crippen LogP contribution is -2.22. The van der Waals surface area contributed by atoms with Crippen LogP contribution in [0.3, 0.4) is 0 Å². The molecule has 0 spiro atoms. The average molecular weight is 363 g/mol. The number of nitrogens with zero attached hydrogens (tertiary/aromatic N) is 2. The van der Waals surface area contributed by atoms with Crippen LogP contribution in [0, 0.1) is 12.7 Å². The normalized spacial score (nSPS) is 12.6. The molecular formula is C12H14FN3O5S2. The van der Waals surface area contributed by atoms with Crippen molar-refractivity contribution < 1.29 is 25.6 Å². The van der Waals surface area contributed by atoms with Crippen LogP contribution in [0.5, 0.6) is 0 Å². The quantitative estimate of drug-likeness (QED) is 0.854. The Morgan fingerprint density at radius 3 is 2.39 bits per heavy atom. The third kappa shape index (κ3) is 3.51. The summed E-state index contributed by atoms with van der Waals surface area (Å²) in [4.78, 5) is 3.39. The maximum atomic E-state index is 13.8. The van der Waals surface area contributed by atoms with Crippen molar-refractivity contribution in [1.29, 1.82) is 0 Å². The highest BCUT2D eigenvalue weighted by Crippen LogP contribution is 2.24. The van der Waals surface area contributed by atoms with E-state index in [0.29, 0.717) is 0 Å². The Bertz CT molecular complexity index is 935. The first-order chi connectivity index (χ1) is 10.5. The fourth-order valence-corrected chi connectivity index (χ4v) is 3.51. The first-order valence-corrected chi connectivity index (χ1v) is 9.14. The fourth-order valence-electron chi connectivity index (χ4n) is 1.62. The number of oxazole rings is 1. The van der Waals surface area contributed by atoms with E-state index in [1.54, 1.807) is 0 Å². The van der Waals surface area contributed by atoms with E-state index < -0.39 is 36.6 Å². The number of benzene rings is 1. The smallest absolute Gasteiger partial charge is 0.297 e. The van der Waals surface area contributed by atoms with Crippen molar-refractivity contribution >= 4 is 25.7 Å². The van der Waals surface area contributed by atoms with E-state index in [-0.39, 0.29) is 10.8 Å². The molecule has 126 valence electrons. The molecule has 0 amide bonds. The summed E-state index contributed by atoms with van der Waals surface area (Å²) in [6.07, 6.45) is 0.968. The number of nitrogens with one attached hydrogen (secondary N) is 1. The van der Waals surface area contributed by atoms with Crippen LogP contribution >= 0.6 is 0 Å². The van der Waals surface area contributed by atoms with Gasteiger partial charge >= 0.3 is 0 Å². The topological polar surface area (TPSA) is 110 Å². The highest BCUT2D eigenvalue weighted by atomic mass is 32.2. The molecule has 1 heterocycles. The van der Waals surface area contributed by atoms with Gasteiger partial charge in [-0.15, -0.1) is 0 Å². The predicted molar refractivity (Wildman–Crippen MR) is 79.3 cm³/mol. The molecule has 11 heteroatoms. The van der Waals surface area contributed by atoms with E-state index in [0.717, 1.165) is 28.7 Å². The van der Waals surface area contributed by atoms with E-state index in [2.05, 4.69) is 4.98 Å². The molecule has 1 N–H and O–H groups in total. The Morgan fingerprint density at radius 2 is 1.87 bits per heavy atom. The number of aromatic nitrogens is 1. The van der Waals surface area contributed by atoms with Gasteiger partial charge in [-0.25, -0.2) is 22.1 Å². The van der Waals surface area contributed by atoms with Gasteiger partial charge in [-0.05, 0) is 18.2 Å². The molecule has 23 heavy (non-hydrogen) atoms. The van der Waals surface area contributed by atoms with Gasteiger partial charge in [0.2, 0.25) is 10.0 Å². The lowest BCUT2D eigenvalue weighted by atomic mass is 10.3. The Morgan fingerprint density at radius 1 is 1.22 bits per heavy atom. The summed E-state index contributed by atoms with van der Waals surface area (Å²) in [5, 5.41) is -0.504. The number of hydrogen-bond acceptors (Lipinski definition) is 6. The predicted octanol–water partition coefficient (Wildman–Crippen LogP) is 1.17. The Hall–Kier alpha value is -1.98. The third-order valence-corrected chi connectivity index (χ3v) is 5.84. The molecule has 0 unspecified atom stereocenters. The van der Waals surface area contributed by atoms with Crippen LogP contribution in [0.4, 0.5) is 10.1 Å². The first kappa shape index (κ1) is 17.4. The van der Waals surface area contributed by atoms with E-state index in [4.69, 9.17) is 4.42 Å². The number of rotatable bonds is 5. The second-order valence-electron chi connectivity index (χ2n) is 4.73. The number of anilines is 1. The van der Waals surface area contributed by atoms with Crippen LogP contribution in [-0.4, -0.2) is 40.2 Å². The zero-order valence-electron chi connectivity index (χ0n) is 12.4. The minimum absolute atomic E-state index is 0.120. The lowest BCUT2D eigenvalue weighted by Gasteiger charge is -2.13. The molecule has 0 aliphatic heterocycles. The van der Waals surface area contributed by atoms with Gasteiger partial charge < -0.3 is 4.42 Å². The molecule has 8 nitrogen and oxygen atoms in total. The molecule has 0 saturated carbocycles. The first-order valence-electron chi connectivity index (χ1n) is 6.21. The highest BCUT2D eigenvalue weighted by molar-refractivity contribution is 7.92. The molecule has 0 aliphatic rings. The molecule has 2 rings (SSSR count). The molecule has 2 aromatic rings. The van der Waals surface area contributed by atoms with Crippen molar-refractivity contribution in [2.45, 2.75) is 16.9 Å². The summed E-state index contributed by atoms with van der Waals surface area (Å²) in [6, 6.07) is 2.80. The second kappa shape index (κ2) is 5.91. The largest absolute Gasteiger partial charge is 0.428 e. The Kier molecular flexibility index (Phi) is 4.46. The van der Waals surface area contributed by atoms with Crippen molar-refractivity contribution in [1.82, 2.24) is 9.29 Å². The third-order valence-electron chi connectivity index (χ3n) is 2.83. The zero-order valence-corrected chi connectivity index (χ0v) is 14.1. The summed E-state index contributed by atoms with van der Waals surface area (Å²) in [6.45, 7) is 1.45. The van der Waals surface area contributed by atoms with Crippen LogP contribution in [0.25, 0.3) is 0 Å². The van der Waals surface area contributed by atoms with E-state index in [9.17, 15) is 21.2 Å². The van der Waals surface area contributed by atoms with Crippen molar-refractivity contribution in [3.05, 3.63) is 36.1 Å². The lowest BCUT2D eigenvalue weighted by molar-refractivity contribution is 0.424. The van der Waals surface area contributed by atoms with Gasteiger partial charge in [0.25, 0.3) is 15.1 Å². The van der Waals surface area contributed by atoms with Crippen LogP contribution in [0.15, 0.2) is 38.8 Å². The molecule has 1 aromatic carbocycles. The van der Waals surface area contributed by atoms with Gasteiger partial charge in [0, 0.05) is 21.0 Å². The van der Waals surface area contributed by atoms with E-state index >= 15 is 0 Å². The van der Waals surface area contributed by atoms with Crippen molar-refractivity contribution in [3.63, 3.8) is 0 Å². The summed E-state index contributed by atoms with van der Waals surface area (Å²) in [5.74, 6) is -0.808. The van der Waals surface area contributed by atoms with Crippen LogP contribution in [-0.2, 0) is 20.0 Å². The summed E-state index contributed by atoms with van der Waals surface area (Å²) >= 11 is 0. The molecule has 0 saturated heterocycles. The SMILES string of the molecule is Cc1ncc(S(=O)(=O)Nc2cc(S(=O)(=O)N(C)C)ccc2F)o1. The molecule has 0 fully saturated rings. The van der Waals surface area contributed by atoms with E-state index in [1.807, 2.05) is 4.72 Å². The standard InChI is InChI=1S/C12H14FN3O5S2/c1-8-14-7-12(21-8)22(17,18)15-11-6-9(4-5-10(11)13)23(19,20)16(2)3/h4-7,15H,1-3H3. The molecule has 1 aromatic heterocycles. The highest BCUT2D eigenvalue weighted by Gasteiger charge is 2.23. The van der Waals surface area contributed by atoms with Crippen LogP contribution in [0.2, 0.25) is 0 Å². The van der Waals surface area contributed by atoms with Crippen LogP contribution < -0.4 is 4.72 Å². The maximum Gasteiger partial charge on any atom is 0.297 e. The minimum Gasteiger partial charge on any atom is -0.428 e. The van der Waals surface area contributed by atoms with Gasteiger partial charge in [0.15, 0.2) is 5.89 Å². The van der Waals surface area contributed by atoms with Crippen molar-refractivity contribution in [3.8, 4) is 0 Å². The minimum atomic E-state index is -4.23. The van der Waals surface area contributed by atoms with Gasteiger partial charge in [-0.2, -0.15) is 8.42 Å². The van der Waals surface area contributed by atoms with E-state index in [1.165, 1.54) is 21.0 Å². The number of sulfonamides is 2. The monoisotopic (exact) mass is 363 g/mol. The number of halogens is 1. The fraction of sp³-hybridized carbons (Fsp3) is 0.250. The Balaban J connectivity index is 2.45. The van der Waals surface area contributed by atoms with Gasteiger partial charge in [-0.3, -0.25) is 4.72 Å². The maximum absolute atomic E-state index is 13.8. The molecular weight excluding hydrogens is 349 g/mol. The summed E-state index contributed by atoms with van der Waals surface area (Å²) < 4.78 is 69.8. The average Bonchev–Trinajstić information content (AvgIpc) is 2.88. The van der Waals surface area contributed by atoms with Gasteiger partial charge in [-0.1, -0.05) is 0 Å². The van der Waals surface area contributed by atoms with Crippen LogP contribution in [0.1, 0.15) is 5.89 Å². The number of aryl methyl sites for hydroxylation is 1. The van der Waals surface area contributed by atoms with Gasteiger partial charge in [0.05, 0.1) is 16.8 Å². The summed E-state index contributed by atoms with van der Waals surface area (Å²) in [5.41, 5.74) is -0.512. The van der Waals surface area contributed by atoms with Gasteiger partial charge in [0.1, 0.15) is 5.82 Å². The summed E-state index contributed by atoms with van der Waals surface area (Å²) in [7, 11) is -5.45. The Labute approximate surface area is 133 Å². The number of hydrogen-bond donors (Lipinski definition) is 1. The molecule has 0 bridgehead atoms. The zero-order chi connectivity index (χ0) is 17.4. The molecule has 0 radical (unpaired) electrons. The second-order valence-corrected chi connectivity index (χ2v) is 8.50.